The number of hydrogen-bond donors (Lipinski definition) is 3. The molecule has 172 valence electrons. The van der Waals surface area contributed by atoms with Gasteiger partial charge in [0.25, 0.3) is 10.1 Å². The van der Waals surface area contributed by atoms with Gasteiger partial charge in [-0.15, -0.1) is 0 Å². The van der Waals surface area contributed by atoms with Crippen molar-refractivity contribution >= 4 is 16.1 Å². The maximum Gasteiger partial charge on any atom is 0.308 e. The van der Waals surface area contributed by atoms with Gasteiger partial charge in [-0.05, 0) is 57.5 Å². The number of β-amino-alcohol motifs (C(OH)–C–C–N with tert-alkyl or cyclic N) is 1. The van der Waals surface area contributed by atoms with E-state index in [0.717, 1.165) is 5.56 Å². The number of esters is 1. The van der Waals surface area contributed by atoms with Crippen LogP contribution in [0.25, 0.3) is 0 Å². The van der Waals surface area contributed by atoms with Gasteiger partial charge in [0.2, 0.25) is 0 Å². The van der Waals surface area contributed by atoms with E-state index in [1.165, 1.54) is 6.92 Å². The van der Waals surface area contributed by atoms with Gasteiger partial charge in [0, 0.05) is 19.0 Å². The van der Waals surface area contributed by atoms with Gasteiger partial charge >= 0.3 is 5.97 Å². The summed E-state index contributed by atoms with van der Waals surface area (Å²) in [6.07, 6.45) is -0.00976. The smallest absolute Gasteiger partial charge is 0.308 e. The second-order valence-electron chi connectivity index (χ2n) is 8.09. The first-order valence-corrected chi connectivity index (χ1v) is 11.4. The van der Waals surface area contributed by atoms with E-state index in [9.17, 15) is 18.3 Å². The fraction of sp³-hybridized carbons (Fsp3) is 0.409. The highest BCUT2D eigenvalue weighted by atomic mass is 32.2. The Morgan fingerprint density at radius 3 is 2.13 bits per heavy atom. The van der Waals surface area contributed by atoms with Crippen LogP contribution < -0.4 is 14.8 Å². The Morgan fingerprint density at radius 2 is 1.65 bits per heavy atom. The van der Waals surface area contributed by atoms with Crippen molar-refractivity contribution < 1.29 is 32.3 Å². The number of aryl methyl sites for hydroxylation is 1. The Kier molecular flexibility index (Phi) is 9.64. The van der Waals surface area contributed by atoms with Crippen LogP contribution in [0, 0.1) is 6.92 Å². The van der Waals surface area contributed by atoms with Crippen LogP contribution in [0.5, 0.6) is 17.2 Å². The van der Waals surface area contributed by atoms with Gasteiger partial charge < -0.3 is 19.9 Å². The topological polar surface area (TPSA) is 122 Å². The Bertz CT molecular complexity index is 956. The molecule has 2 rings (SSSR count). The summed E-state index contributed by atoms with van der Waals surface area (Å²) < 4.78 is 37.0. The van der Waals surface area contributed by atoms with Gasteiger partial charge in [0.15, 0.2) is 11.5 Å². The van der Waals surface area contributed by atoms with Crippen molar-refractivity contribution in [2.75, 3.05) is 12.8 Å². The third-order valence-corrected chi connectivity index (χ3v) is 3.68. The Hall–Kier alpha value is -2.46. The summed E-state index contributed by atoms with van der Waals surface area (Å²) in [6.45, 7) is 9.81. The molecule has 0 fully saturated rings. The number of aliphatic hydroxyl groups is 1. The minimum absolute atomic E-state index is 0.103. The zero-order valence-corrected chi connectivity index (χ0v) is 19.5. The number of ether oxygens (including phenoxy) is 2. The van der Waals surface area contributed by atoms with Crippen molar-refractivity contribution in [3.63, 3.8) is 0 Å². The molecule has 8 nitrogen and oxygen atoms in total. The SMILES string of the molecule is CC(=O)Oc1cc(C(O)CNC(C)(C)C)ccc1Oc1ccc(C)cc1.CS(=O)(=O)O. The van der Waals surface area contributed by atoms with E-state index in [4.69, 9.17) is 14.0 Å². The van der Waals surface area contributed by atoms with Crippen LogP contribution >= 0.6 is 0 Å². The lowest BCUT2D eigenvalue weighted by atomic mass is 10.1. The monoisotopic (exact) mass is 453 g/mol. The standard InChI is InChI=1S/C21H27NO4.CH4O3S/c1-14-6-9-17(10-7-14)26-19-11-8-16(12-20(19)25-15(2)23)18(24)13-22-21(3,4)5;1-5(2,3)4/h6-12,18,22,24H,13H2,1-5H3;1H3,(H,2,3,4). The van der Waals surface area contributed by atoms with Crippen molar-refractivity contribution in [2.24, 2.45) is 0 Å². The zero-order valence-electron chi connectivity index (χ0n) is 18.7. The maximum atomic E-state index is 11.4. The number of aliphatic hydroxyl groups excluding tert-OH is 1. The van der Waals surface area contributed by atoms with E-state index < -0.39 is 22.2 Å². The molecule has 0 spiro atoms. The van der Waals surface area contributed by atoms with Crippen LogP contribution in [0.4, 0.5) is 0 Å². The molecule has 0 amide bonds. The van der Waals surface area contributed by atoms with Crippen LogP contribution in [0.3, 0.4) is 0 Å². The van der Waals surface area contributed by atoms with Crippen molar-refractivity contribution in [2.45, 2.75) is 46.3 Å². The van der Waals surface area contributed by atoms with Crippen LogP contribution in [-0.2, 0) is 14.9 Å². The van der Waals surface area contributed by atoms with E-state index in [1.807, 2.05) is 52.0 Å². The fourth-order valence-electron chi connectivity index (χ4n) is 2.30. The first-order valence-electron chi connectivity index (χ1n) is 9.56. The summed E-state index contributed by atoms with van der Waals surface area (Å²) in [6, 6.07) is 12.7. The molecule has 1 atom stereocenters. The largest absolute Gasteiger partial charge is 0.453 e. The lowest BCUT2D eigenvalue weighted by molar-refractivity contribution is -0.132. The van der Waals surface area contributed by atoms with E-state index in [0.29, 0.717) is 29.9 Å². The summed E-state index contributed by atoms with van der Waals surface area (Å²) >= 11 is 0. The Labute approximate surface area is 184 Å². The Morgan fingerprint density at radius 1 is 1.10 bits per heavy atom. The first kappa shape index (κ1) is 26.6. The van der Waals surface area contributed by atoms with Crippen molar-refractivity contribution in [1.29, 1.82) is 0 Å². The third-order valence-electron chi connectivity index (χ3n) is 3.68. The third kappa shape index (κ3) is 12.1. The molecule has 2 aromatic carbocycles. The van der Waals surface area contributed by atoms with Gasteiger partial charge in [0.1, 0.15) is 5.75 Å². The van der Waals surface area contributed by atoms with Gasteiger partial charge in [-0.2, -0.15) is 8.42 Å². The van der Waals surface area contributed by atoms with Crippen molar-refractivity contribution in [1.82, 2.24) is 5.32 Å². The highest BCUT2D eigenvalue weighted by Gasteiger charge is 2.17. The molecule has 3 N–H and O–H groups in total. The lowest BCUT2D eigenvalue weighted by Crippen LogP contribution is -2.38. The quantitative estimate of drug-likeness (QED) is 0.344. The van der Waals surface area contributed by atoms with Crippen LogP contribution in [-0.4, -0.2) is 42.4 Å². The second-order valence-corrected chi connectivity index (χ2v) is 9.56. The average molecular weight is 454 g/mol. The minimum Gasteiger partial charge on any atom is -0.453 e. The molecule has 0 saturated carbocycles. The summed E-state index contributed by atoms with van der Waals surface area (Å²) in [5.74, 6) is 0.902. The van der Waals surface area contributed by atoms with E-state index in [2.05, 4.69) is 5.32 Å². The predicted molar refractivity (Wildman–Crippen MR) is 119 cm³/mol. The molecule has 0 aliphatic heterocycles. The van der Waals surface area contributed by atoms with Crippen LogP contribution in [0.15, 0.2) is 42.5 Å². The number of rotatable bonds is 6. The van der Waals surface area contributed by atoms with Crippen molar-refractivity contribution in [3.8, 4) is 17.2 Å². The molecular weight excluding hydrogens is 422 g/mol. The number of hydrogen-bond acceptors (Lipinski definition) is 7. The summed E-state index contributed by atoms with van der Waals surface area (Å²) in [4.78, 5) is 11.4. The summed E-state index contributed by atoms with van der Waals surface area (Å²) in [7, 11) is -3.67. The molecular formula is C22H31NO7S. The number of benzene rings is 2. The van der Waals surface area contributed by atoms with Gasteiger partial charge in [-0.25, -0.2) is 0 Å². The average Bonchev–Trinajstić information content (AvgIpc) is 2.60. The number of carbonyl (C=O) groups is 1. The highest BCUT2D eigenvalue weighted by Crippen LogP contribution is 2.34. The maximum absolute atomic E-state index is 11.4. The number of carbonyl (C=O) groups excluding carboxylic acids is 1. The first-order chi connectivity index (χ1) is 14.1. The Balaban J connectivity index is 0.000000861. The van der Waals surface area contributed by atoms with E-state index in [1.54, 1.807) is 18.2 Å². The van der Waals surface area contributed by atoms with E-state index in [-0.39, 0.29) is 11.3 Å². The highest BCUT2D eigenvalue weighted by molar-refractivity contribution is 7.85. The molecule has 0 aliphatic rings. The molecule has 0 aliphatic carbocycles. The molecule has 0 radical (unpaired) electrons. The van der Waals surface area contributed by atoms with Crippen molar-refractivity contribution in [3.05, 3.63) is 53.6 Å². The number of nitrogens with one attached hydrogen (secondary N) is 1. The summed E-state index contributed by atoms with van der Waals surface area (Å²) in [5.41, 5.74) is 1.67. The molecule has 0 aromatic heterocycles. The van der Waals surface area contributed by atoms with Crippen LogP contribution in [0.2, 0.25) is 0 Å². The molecule has 9 heteroatoms. The van der Waals surface area contributed by atoms with Gasteiger partial charge in [-0.3, -0.25) is 9.35 Å². The minimum atomic E-state index is -3.67. The lowest BCUT2D eigenvalue weighted by Gasteiger charge is -2.23. The zero-order chi connectivity index (χ0) is 23.8. The molecule has 1 unspecified atom stereocenters. The fourth-order valence-corrected chi connectivity index (χ4v) is 2.30. The second kappa shape index (κ2) is 11.2. The van der Waals surface area contributed by atoms with Crippen LogP contribution in [0.1, 0.15) is 44.9 Å². The molecule has 0 saturated heterocycles. The molecule has 2 aromatic rings. The van der Waals surface area contributed by atoms with Gasteiger partial charge in [0.05, 0.1) is 12.4 Å². The van der Waals surface area contributed by atoms with E-state index >= 15 is 0 Å². The molecule has 0 heterocycles. The molecule has 31 heavy (non-hydrogen) atoms. The van der Waals surface area contributed by atoms with Gasteiger partial charge in [-0.1, -0.05) is 23.8 Å². The summed E-state index contributed by atoms with van der Waals surface area (Å²) in [5, 5.41) is 13.7. The predicted octanol–water partition coefficient (Wildman–Crippen LogP) is 3.64. The normalized spacial score (nSPS) is 12.4. The molecule has 0 bridgehead atoms.